The summed E-state index contributed by atoms with van der Waals surface area (Å²) in [5, 5.41) is 20.9. The number of hydrogen-bond acceptors (Lipinski definition) is 3. The van der Waals surface area contributed by atoms with Crippen LogP contribution in [-0.2, 0) is 4.79 Å². The molecule has 1 rings (SSSR count). The predicted octanol–water partition coefficient (Wildman–Crippen LogP) is 1.68. The highest BCUT2D eigenvalue weighted by molar-refractivity contribution is 5.98. The van der Waals surface area contributed by atoms with Gasteiger partial charge in [0.1, 0.15) is 11.8 Å². The zero-order chi connectivity index (χ0) is 13.7. The van der Waals surface area contributed by atoms with Gasteiger partial charge in [-0.15, -0.1) is 0 Å². The Balaban J connectivity index is 2.87. The number of amides is 1. The Kier molecular flexibility index (Phi) is 4.71. The number of carboxylic acids is 1. The van der Waals surface area contributed by atoms with Gasteiger partial charge in [-0.25, -0.2) is 4.79 Å². The molecule has 0 fully saturated rings. The lowest BCUT2D eigenvalue weighted by Gasteiger charge is -2.14. The first-order valence-corrected chi connectivity index (χ1v) is 5.79. The summed E-state index contributed by atoms with van der Waals surface area (Å²) in [4.78, 5) is 22.9. The van der Waals surface area contributed by atoms with E-state index in [1.807, 2.05) is 6.92 Å². The lowest BCUT2D eigenvalue weighted by atomic mass is 10.1. The summed E-state index contributed by atoms with van der Waals surface area (Å²) in [5.74, 6) is -1.52. The molecular formula is C13H17NO4. The molecular weight excluding hydrogens is 234 g/mol. The first-order chi connectivity index (χ1) is 8.47. The minimum Gasteiger partial charge on any atom is -0.508 e. The maximum absolute atomic E-state index is 11.9. The third kappa shape index (κ3) is 3.23. The third-order valence-electron chi connectivity index (χ3n) is 2.73. The Bertz CT molecular complexity index is 456. The monoisotopic (exact) mass is 251 g/mol. The summed E-state index contributed by atoms with van der Waals surface area (Å²) < 4.78 is 0. The Labute approximate surface area is 105 Å². The molecule has 3 N–H and O–H groups in total. The molecule has 0 aliphatic carbocycles. The van der Waals surface area contributed by atoms with E-state index in [-0.39, 0.29) is 11.3 Å². The molecule has 1 amide bonds. The SMILES string of the molecule is CCC[C@H](NC(=O)c1cccc(O)c1C)C(=O)O. The highest BCUT2D eigenvalue weighted by Gasteiger charge is 2.20. The van der Waals surface area contributed by atoms with Crippen LogP contribution in [0.4, 0.5) is 0 Å². The van der Waals surface area contributed by atoms with Crippen LogP contribution in [0.15, 0.2) is 18.2 Å². The molecule has 0 aromatic heterocycles. The fraction of sp³-hybridized carbons (Fsp3) is 0.385. The third-order valence-corrected chi connectivity index (χ3v) is 2.73. The van der Waals surface area contributed by atoms with Crippen LogP contribution in [0.3, 0.4) is 0 Å². The number of phenolic OH excluding ortho intramolecular Hbond substituents is 1. The fourth-order valence-corrected chi connectivity index (χ4v) is 1.65. The Hall–Kier alpha value is -2.04. The van der Waals surface area contributed by atoms with E-state index >= 15 is 0 Å². The van der Waals surface area contributed by atoms with Crippen LogP contribution in [0.25, 0.3) is 0 Å². The van der Waals surface area contributed by atoms with Crippen molar-refractivity contribution in [1.82, 2.24) is 5.32 Å². The number of phenols is 1. The molecule has 0 spiro atoms. The molecule has 0 saturated carbocycles. The summed E-state index contributed by atoms with van der Waals surface area (Å²) in [6.45, 7) is 3.46. The molecule has 0 unspecified atom stereocenters. The Morgan fingerprint density at radius 2 is 2.06 bits per heavy atom. The molecule has 1 atom stereocenters. The molecule has 1 aromatic rings. The second-order valence-corrected chi connectivity index (χ2v) is 4.10. The topological polar surface area (TPSA) is 86.6 Å². The second-order valence-electron chi connectivity index (χ2n) is 4.10. The molecule has 0 aliphatic heterocycles. The van der Waals surface area contributed by atoms with E-state index in [0.29, 0.717) is 18.4 Å². The molecule has 0 saturated heterocycles. The van der Waals surface area contributed by atoms with Gasteiger partial charge in [0.05, 0.1) is 0 Å². The van der Waals surface area contributed by atoms with Crippen molar-refractivity contribution in [3.8, 4) is 5.75 Å². The zero-order valence-electron chi connectivity index (χ0n) is 10.4. The number of hydrogen-bond donors (Lipinski definition) is 3. The minimum atomic E-state index is -1.05. The van der Waals surface area contributed by atoms with Crippen molar-refractivity contribution >= 4 is 11.9 Å². The van der Waals surface area contributed by atoms with Gasteiger partial charge in [0, 0.05) is 11.1 Å². The Morgan fingerprint density at radius 1 is 1.39 bits per heavy atom. The average molecular weight is 251 g/mol. The number of carboxylic acid groups (broad SMARTS) is 1. The zero-order valence-corrected chi connectivity index (χ0v) is 10.4. The van der Waals surface area contributed by atoms with Gasteiger partial charge in [0.15, 0.2) is 0 Å². The van der Waals surface area contributed by atoms with Gasteiger partial charge in [-0.05, 0) is 25.5 Å². The number of aliphatic carboxylic acids is 1. The standard InChI is InChI=1S/C13H17NO4/c1-3-5-10(13(17)18)14-12(16)9-6-4-7-11(15)8(9)2/h4,6-7,10,15H,3,5H2,1-2H3,(H,14,16)(H,17,18)/t10-/m0/s1. The Morgan fingerprint density at radius 3 is 2.61 bits per heavy atom. The van der Waals surface area contributed by atoms with Gasteiger partial charge in [0.25, 0.3) is 5.91 Å². The maximum Gasteiger partial charge on any atom is 0.326 e. The van der Waals surface area contributed by atoms with E-state index in [1.54, 1.807) is 19.1 Å². The van der Waals surface area contributed by atoms with Gasteiger partial charge in [-0.2, -0.15) is 0 Å². The van der Waals surface area contributed by atoms with Gasteiger partial charge in [-0.1, -0.05) is 19.4 Å². The van der Waals surface area contributed by atoms with Crippen molar-refractivity contribution in [2.75, 3.05) is 0 Å². The molecule has 0 bridgehead atoms. The highest BCUT2D eigenvalue weighted by atomic mass is 16.4. The number of nitrogens with one attached hydrogen (secondary N) is 1. The van der Waals surface area contributed by atoms with Gasteiger partial charge in [-0.3, -0.25) is 4.79 Å². The average Bonchev–Trinajstić information content (AvgIpc) is 2.31. The van der Waals surface area contributed by atoms with Gasteiger partial charge < -0.3 is 15.5 Å². The first kappa shape index (κ1) is 14.0. The van der Waals surface area contributed by atoms with Crippen molar-refractivity contribution in [2.45, 2.75) is 32.7 Å². The summed E-state index contributed by atoms with van der Waals surface area (Å²) in [7, 11) is 0. The molecule has 1 aromatic carbocycles. The number of carbonyl (C=O) groups is 2. The second kappa shape index (κ2) is 6.05. The van der Waals surface area contributed by atoms with E-state index < -0.39 is 17.9 Å². The fourth-order valence-electron chi connectivity index (χ4n) is 1.65. The molecule has 98 valence electrons. The largest absolute Gasteiger partial charge is 0.508 e. The smallest absolute Gasteiger partial charge is 0.326 e. The summed E-state index contributed by atoms with van der Waals surface area (Å²) in [6, 6.07) is 3.68. The summed E-state index contributed by atoms with van der Waals surface area (Å²) >= 11 is 0. The molecule has 0 heterocycles. The van der Waals surface area contributed by atoms with Crippen molar-refractivity contribution in [3.63, 3.8) is 0 Å². The van der Waals surface area contributed by atoms with Gasteiger partial charge in [0.2, 0.25) is 0 Å². The van der Waals surface area contributed by atoms with Crippen LogP contribution >= 0.6 is 0 Å². The lowest BCUT2D eigenvalue weighted by molar-refractivity contribution is -0.139. The molecule has 5 nitrogen and oxygen atoms in total. The van der Waals surface area contributed by atoms with E-state index in [9.17, 15) is 14.7 Å². The number of rotatable bonds is 5. The summed E-state index contributed by atoms with van der Waals surface area (Å²) in [5.41, 5.74) is 0.730. The van der Waals surface area contributed by atoms with Crippen LogP contribution in [-0.4, -0.2) is 28.1 Å². The summed E-state index contributed by atoms with van der Waals surface area (Å²) in [6.07, 6.45) is 1.04. The van der Waals surface area contributed by atoms with Crippen molar-refractivity contribution in [3.05, 3.63) is 29.3 Å². The van der Waals surface area contributed by atoms with Crippen LogP contribution in [0.1, 0.15) is 35.7 Å². The lowest BCUT2D eigenvalue weighted by Crippen LogP contribution is -2.40. The predicted molar refractivity (Wildman–Crippen MR) is 66.6 cm³/mol. The van der Waals surface area contributed by atoms with Crippen molar-refractivity contribution < 1.29 is 19.8 Å². The van der Waals surface area contributed by atoms with E-state index in [0.717, 1.165) is 0 Å². The molecule has 5 heteroatoms. The first-order valence-electron chi connectivity index (χ1n) is 5.79. The number of carbonyl (C=O) groups excluding carboxylic acids is 1. The van der Waals surface area contributed by atoms with Crippen molar-refractivity contribution in [1.29, 1.82) is 0 Å². The van der Waals surface area contributed by atoms with E-state index in [1.165, 1.54) is 6.07 Å². The van der Waals surface area contributed by atoms with Crippen LogP contribution in [0, 0.1) is 6.92 Å². The molecule has 0 aliphatic rings. The van der Waals surface area contributed by atoms with Gasteiger partial charge >= 0.3 is 5.97 Å². The maximum atomic E-state index is 11.9. The number of aromatic hydroxyl groups is 1. The van der Waals surface area contributed by atoms with Crippen molar-refractivity contribution in [2.24, 2.45) is 0 Å². The minimum absolute atomic E-state index is 0.0185. The van der Waals surface area contributed by atoms with Crippen LogP contribution in [0.5, 0.6) is 5.75 Å². The van der Waals surface area contributed by atoms with Crippen LogP contribution in [0.2, 0.25) is 0 Å². The van der Waals surface area contributed by atoms with Crippen LogP contribution < -0.4 is 5.32 Å². The quantitative estimate of drug-likeness (QED) is 0.743. The molecule has 0 radical (unpaired) electrons. The normalized spacial score (nSPS) is 11.9. The highest BCUT2D eigenvalue weighted by Crippen LogP contribution is 2.19. The molecule has 18 heavy (non-hydrogen) atoms. The number of benzene rings is 1. The van der Waals surface area contributed by atoms with E-state index in [4.69, 9.17) is 5.11 Å². The van der Waals surface area contributed by atoms with E-state index in [2.05, 4.69) is 5.32 Å².